The number of hydrogen-bond acceptors (Lipinski definition) is 3. The Kier molecular flexibility index (Phi) is 6.83. The lowest BCUT2D eigenvalue weighted by Crippen LogP contribution is -2.08. The van der Waals surface area contributed by atoms with Crippen LogP contribution in [-0.2, 0) is 4.79 Å². The van der Waals surface area contributed by atoms with Crippen molar-refractivity contribution in [3.8, 4) is 11.5 Å². The molecule has 1 N–H and O–H groups in total. The number of benzene rings is 2. The van der Waals surface area contributed by atoms with Gasteiger partial charge in [-0.05, 0) is 64.3 Å². The maximum Gasteiger partial charge on any atom is 0.248 e. The highest BCUT2D eigenvalue weighted by molar-refractivity contribution is 9.10. The smallest absolute Gasteiger partial charge is 0.248 e. The molecular weight excluding hydrogens is 382 g/mol. The van der Waals surface area contributed by atoms with Crippen molar-refractivity contribution in [2.75, 3.05) is 19.0 Å². The third-order valence-corrected chi connectivity index (χ3v) is 4.01. The zero-order chi connectivity index (χ0) is 18.2. The van der Waals surface area contributed by atoms with E-state index in [1.807, 2.05) is 37.3 Å². The summed E-state index contributed by atoms with van der Waals surface area (Å²) in [6, 6.07) is 11.2. The lowest BCUT2D eigenvalue weighted by Gasteiger charge is -2.09. The molecule has 2 rings (SSSR count). The maximum atomic E-state index is 12.1. The fraction of sp³-hybridized carbons (Fsp3) is 0.150. The molecule has 0 spiro atoms. The van der Waals surface area contributed by atoms with E-state index in [4.69, 9.17) is 9.47 Å². The van der Waals surface area contributed by atoms with Gasteiger partial charge in [0.25, 0.3) is 0 Å². The molecule has 2 aromatic carbocycles. The van der Waals surface area contributed by atoms with Crippen molar-refractivity contribution in [3.63, 3.8) is 0 Å². The predicted molar refractivity (Wildman–Crippen MR) is 105 cm³/mol. The number of methoxy groups -OCH3 is 1. The minimum Gasteiger partial charge on any atom is -0.493 e. The van der Waals surface area contributed by atoms with Crippen molar-refractivity contribution in [2.45, 2.75) is 6.92 Å². The molecule has 0 fully saturated rings. The Bertz CT molecular complexity index is 800. The molecule has 2 aromatic rings. The van der Waals surface area contributed by atoms with E-state index < -0.39 is 0 Å². The van der Waals surface area contributed by atoms with Crippen LogP contribution in [0.3, 0.4) is 0 Å². The standard InChI is InChI=1S/C20H20BrNO3/c1-4-11-25-18-9-6-15(13-19(18)24-3)7-10-20(23)22-17-8-5-14(2)12-16(17)21/h4-10,12-13H,1,11H2,2-3H3,(H,22,23)/b10-7+. The lowest BCUT2D eigenvalue weighted by atomic mass is 10.2. The van der Waals surface area contributed by atoms with E-state index in [9.17, 15) is 4.79 Å². The molecule has 1 amide bonds. The molecule has 0 saturated carbocycles. The number of ether oxygens (including phenoxy) is 2. The maximum absolute atomic E-state index is 12.1. The van der Waals surface area contributed by atoms with Gasteiger partial charge in [-0.15, -0.1) is 0 Å². The number of carbonyl (C=O) groups excluding carboxylic acids is 1. The van der Waals surface area contributed by atoms with Crippen LogP contribution in [0.25, 0.3) is 6.08 Å². The van der Waals surface area contributed by atoms with Crippen molar-refractivity contribution in [2.24, 2.45) is 0 Å². The van der Waals surface area contributed by atoms with E-state index in [0.29, 0.717) is 18.1 Å². The van der Waals surface area contributed by atoms with Gasteiger partial charge >= 0.3 is 0 Å². The van der Waals surface area contributed by atoms with Crippen LogP contribution in [0.15, 0.2) is 59.6 Å². The van der Waals surface area contributed by atoms with Crippen LogP contribution in [-0.4, -0.2) is 19.6 Å². The number of halogens is 1. The average Bonchev–Trinajstić information content (AvgIpc) is 2.60. The topological polar surface area (TPSA) is 47.6 Å². The second-order valence-corrected chi connectivity index (χ2v) is 6.17. The first kappa shape index (κ1) is 18.8. The molecule has 4 nitrogen and oxygen atoms in total. The van der Waals surface area contributed by atoms with Gasteiger partial charge in [-0.3, -0.25) is 4.79 Å². The molecule has 0 atom stereocenters. The molecule has 0 unspecified atom stereocenters. The Morgan fingerprint density at radius 3 is 2.72 bits per heavy atom. The molecule has 0 aliphatic carbocycles. The van der Waals surface area contributed by atoms with Gasteiger partial charge in [-0.2, -0.15) is 0 Å². The number of nitrogens with one attached hydrogen (secondary N) is 1. The van der Waals surface area contributed by atoms with Crippen LogP contribution >= 0.6 is 15.9 Å². The van der Waals surface area contributed by atoms with Gasteiger partial charge in [0.05, 0.1) is 12.8 Å². The van der Waals surface area contributed by atoms with Crippen molar-refractivity contribution < 1.29 is 14.3 Å². The number of anilines is 1. The monoisotopic (exact) mass is 401 g/mol. The van der Waals surface area contributed by atoms with Crippen LogP contribution in [0.5, 0.6) is 11.5 Å². The quantitative estimate of drug-likeness (QED) is 0.525. The van der Waals surface area contributed by atoms with Crippen LogP contribution in [0.1, 0.15) is 11.1 Å². The Balaban J connectivity index is 2.07. The van der Waals surface area contributed by atoms with Gasteiger partial charge in [0.1, 0.15) is 6.61 Å². The summed E-state index contributed by atoms with van der Waals surface area (Å²) in [5, 5.41) is 2.84. The summed E-state index contributed by atoms with van der Waals surface area (Å²) >= 11 is 3.44. The fourth-order valence-corrected chi connectivity index (χ4v) is 2.72. The Labute approximate surface area is 156 Å². The first-order chi connectivity index (χ1) is 12.0. The Morgan fingerprint density at radius 1 is 1.24 bits per heavy atom. The molecule has 0 aliphatic rings. The number of aryl methyl sites for hydroxylation is 1. The lowest BCUT2D eigenvalue weighted by molar-refractivity contribution is -0.111. The highest BCUT2D eigenvalue weighted by atomic mass is 79.9. The minimum atomic E-state index is -0.212. The number of hydrogen-bond donors (Lipinski definition) is 1. The zero-order valence-electron chi connectivity index (χ0n) is 14.2. The summed E-state index contributed by atoms with van der Waals surface area (Å²) in [7, 11) is 1.57. The second kappa shape index (κ2) is 9.08. The molecule has 5 heteroatoms. The third-order valence-electron chi connectivity index (χ3n) is 3.35. The molecule has 0 heterocycles. The fourth-order valence-electron chi connectivity index (χ4n) is 2.12. The highest BCUT2D eigenvalue weighted by Crippen LogP contribution is 2.28. The number of amides is 1. The first-order valence-electron chi connectivity index (χ1n) is 7.70. The average molecular weight is 402 g/mol. The molecule has 0 bridgehead atoms. The van der Waals surface area contributed by atoms with E-state index in [-0.39, 0.29) is 5.91 Å². The number of carbonyl (C=O) groups is 1. The van der Waals surface area contributed by atoms with Crippen LogP contribution in [0.4, 0.5) is 5.69 Å². The van der Waals surface area contributed by atoms with Gasteiger partial charge in [0.15, 0.2) is 11.5 Å². The van der Waals surface area contributed by atoms with E-state index in [0.717, 1.165) is 21.3 Å². The second-order valence-electron chi connectivity index (χ2n) is 5.32. The van der Waals surface area contributed by atoms with Crippen molar-refractivity contribution in [1.29, 1.82) is 0 Å². The molecule has 0 radical (unpaired) electrons. The largest absolute Gasteiger partial charge is 0.493 e. The highest BCUT2D eigenvalue weighted by Gasteiger charge is 2.05. The predicted octanol–water partition coefficient (Wildman–Crippen LogP) is 4.98. The van der Waals surface area contributed by atoms with Gasteiger partial charge in [0.2, 0.25) is 5.91 Å². The van der Waals surface area contributed by atoms with Crippen molar-refractivity contribution >= 4 is 33.6 Å². The van der Waals surface area contributed by atoms with Crippen LogP contribution in [0.2, 0.25) is 0 Å². The molecule has 0 aliphatic heterocycles. The molecular formula is C20H20BrNO3. The van der Waals surface area contributed by atoms with Gasteiger partial charge < -0.3 is 14.8 Å². The van der Waals surface area contributed by atoms with E-state index in [1.165, 1.54) is 6.08 Å². The van der Waals surface area contributed by atoms with Crippen molar-refractivity contribution in [3.05, 3.63) is 70.7 Å². The van der Waals surface area contributed by atoms with Crippen LogP contribution in [0, 0.1) is 6.92 Å². The molecule has 25 heavy (non-hydrogen) atoms. The SMILES string of the molecule is C=CCOc1ccc(/C=C/C(=O)Nc2ccc(C)cc2Br)cc1OC. The Morgan fingerprint density at radius 2 is 2.04 bits per heavy atom. The third kappa shape index (κ3) is 5.50. The van der Waals surface area contributed by atoms with Gasteiger partial charge in [-0.1, -0.05) is 24.8 Å². The van der Waals surface area contributed by atoms with E-state index >= 15 is 0 Å². The van der Waals surface area contributed by atoms with E-state index in [1.54, 1.807) is 25.3 Å². The minimum absolute atomic E-state index is 0.212. The van der Waals surface area contributed by atoms with E-state index in [2.05, 4.69) is 27.8 Å². The Hall–Kier alpha value is -2.53. The van der Waals surface area contributed by atoms with Gasteiger partial charge in [0, 0.05) is 10.5 Å². The summed E-state index contributed by atoms with van der Waals surface area (Å²) in [6.07, 6.45) is 4.86. The summed E-state index contributed by atoms with van der Waals surface area (Å²) in [4.78, 5) is 12.1. The normalized spacial score (nSPS) is 10.5. The first-order valence-corrected chi connectivity index (χ1v) is 8.49. The molecule has 130 valence electrons. The zero-order valence-corrected chi connectivity index (χ0v) is 15.8. The number of rotatable bonds is 7. The van der Waals surface area contributed by atoms with Crippen molar-refractivity contribution in [1.82, 2.24) is 0 Å². The van der Waals surface area contributed by atoms with Gasteiger partial charge in [-0.25, -0.2) is 0 Å². The summed E-state index contributed by atoms with van der Waals surface area (Å²) in [5.74, 6) is 1.02. The van der Waals surface area contributed by atoms with Crippen LogP contribution < -0.4 is 14.8 Å². The summed E-state index contributed by atoms with van der Waals surface area (Å²) < 4.78 is 11.7. The summed E-state index contributed by atoms with van der Waals surface area (Å²) in [5.41, 5.74) is 2.68. The summed E-state index contributed by atoms with van der Waals surface area (Å²) in [6.45, 7) is 6.01. The molecule has 0 saturated heterocycles. The molecule has 0 aromatic heterocycles.